The molecule has 118 valence electrons. The lowest BCUT2D eigenvalue weighted by atomic mass is 10.2. The lowest BCUT2D eigenvalue weighted by Crippen LogP contribution is -2.52. The third-order valence-electron chi connectivity index (χ3n) is 3.64. The van der Waals surface area contributed by atoms with Crippen LogP contribution in [0, 0.1) is 0 Å². The highest BCUT2D eigenvalue weighted by Crippen LogP contribution is 2.23. The Morgan fingerprint density at radius 1 is 1.43 bits per heavy atom. The van der Waals surface area contributed by atoms with Crippen molar-refractivity contribution >= 4 is 40.6 Å². The Morgan fingerprint density at radius 3 is 2.71 bits per heavy atom. The molecular formula is C14H22ClN3OS2. The van der Waals surface area contributed by atoms with Crippen LogP contribution in [0.5, 0.6) is 0 Å². The van der Waals surface area contributed by atoms with Crippen LogP contribution in [-0.2, 0) is 11.3 Å². The molecule has 1 aliphatic rings. The zero-order chi connectivity index (χ0) is 15.2. The molecule has 0 aliphatic carbocycles. The smallest absolute Gasteiger partial charge is 0.239 e. The second kappa shape index (κ2) is 8.39. The van der Waals surface area contributed by atoms with Crippen LogP contribution in [0.1, 0.15) is 11.3 Å². The fourth-order valence-corrected chi connectivity index (χ4v) is 4.01. The molecule has 0 aromatic carbocycles. The van der Waals surface area contributed by atoms with Crippen molar-refractivity contribution in [2.45, 2.75) is 19.0 Å². The summed E-state index contributed by atoms with van der Waals surface area (Å²) in [6.45, 7) is 4.25. The molecule has 1 fully saturated rings. The molecule has 7 heteroatoms. The van der Waals surface area contributed by atoms with Crippen molar-refractivity contribution in [2.24, 2.45) is 5.73 Å². The predicted octanol–water partition coefficient (Wildman–Crippen LogP) is 2.13. The molecule has 0 spiro atoms. The minimum Gasteiger partial charge on any atom is -0.339 e. The highest BCUT2D eigenvalue weighted by molar-refractivity contribution is 7.98. The molecule has 1 aromatic heterocycles. The van der Waals surface area contributed by atoms with Gasteiger partial charge in [0, 0.05) is 37.6 Å². The maximum Gasteiger partial charge on any atom is 0.239 e. The minimum absolute atomic E-state index is 0.0999. The Morgan fingerprint density at radius 2 is 2.14 bits per heavy atom. The summed E-state index contributed by atoms with van der Waals surface area (Å²) in [4.78, 5) is 17.8. The van der Waals surface area contributed by atoms with Gasteiger partial charge in [-0.2, -0.15) is 11.8 Å². The Balaban J connectivity index is 1.76. The van der Waals surface area contributed by atoms with Gasteiger partial charge >= 0.3 is 0 Å². The molecule has 0 saturated carbocycles. The number of piperazine rings is 1. The van der Waals surface area contributed by atoms with E-state index in [0.717, 1.165) is 49.2 Å². The zero-order valence-electron chi connectivity index (χ0n) is 12.3. The highest BCUT2D eigenvalue weighted by Gasteiger charge is 2.25. The number of nitrogens with two attached hydrogens (primary N) is 1. The van der Waals surface area contributed by atoms with E-state index in [0.29, 0.717) is 0 Å². The average Bonchev–Trinajstić information content (AvgIpc) is 2.90. The monoisotopic (exact) mass is 347 g/mol. The van der Waals surface area contributed by atoms with E-state index in [1.165, 1.54) is 4.88 Å². The molecule has 0 bridgehead atoms. The van der Waals surface area contributed by atoms with Gasteiger partial charge in [0.2, 0.25) is 5.91 Å². The van der Waals surface area contributed by atoms with Crippen LogP contribution in [-0.4, -0.2) is 59.9 Å². The number of thiophene rings is 1. The van der Waals surface area contributed by atoms with E-state index in [-0.39, 0.29) is 11.9 Å². The molecule has 0 unspecified atom stereocenters. The predicted molar refractivity (Wildman–Crippen MR) is 92.2 cm³/mol. The molecule has 4 nitrogen and oxygen atoms in total. The first-order valence-electron chi connectivity index (χ1n) is 7.10. The van der Waals surface area contributed by atoms with E-state index in [1.54, 1.807) is 23.1 Å². The van der Waals surface area contributed by atoms with Crippen molar-refractivity contribution in [3.63, 3.8) is 0 Å². The van der Waals surface area contributed by atoms with E-state index >= 15 is 0 Å². The van der Waals surface area contributed by atoms with Gasteiger partial charge in [-0.25, -0.2) is 0 Å². The number of hydrogen-bond donors (Lipinski definition) is 1. The summed E-state index contributed by atoms with van der Waals surface area (Å²) < 4.78 is 0.832. The molecule has 1 amide bonds. The van der Waals surface area contributed by atoms with E-state index in [9.17, 15) is 4.79 Å². The van der Waals surface area contributed by atoms with Crippen molar-refractivity contribution in [3.05, 3.63) is 21.3 Å². The van der Waals surface area contributed by atoms with Gasteiger partial charge in [0.1, 0.15) is 0 Å². The van der Waals surface area contributed by atoms with E-state index in [4.69, 9.17) is 17.3 Å². The number of amides is 1. The first-order chi connectivity index (χ1) is 10.1. The van der Waals surface area contributed by atoms with Gasteiger partial charge in [0.15, 0.2) is 0 Å². The van der Waals surface area contributed by atoms with Gasteiger partial charge in [0.25, 0.3) is 0 Å². The van der Waals surface area contributed by atoms with E-state index in [1.807, 2.05) is 17.2 Å². The normalized spacial score (nSPS) is 18.0. The average molecular weight is 348 g/mol. The molecule has 2 N–H and O–H groups in total. The molecule has 1 saturated heterocycles. The van der Waals surface area contributed by atoms with Gasteiger partial charge in [-0.3, -0.25) is 9.69 Å². The fourth-order valence-electron chi connectivity index (χ4n) is 2.39. The lowest BCUT2D eigenvalue weighted by Gasteiger charge is -2.35. The largest absolute Gasteiger partial charge is 0.339 e. The lowest BCUT2D eigenvalue weighted by molar-refractivity contribution is -0.134. The quantitative estimate of drug-likeness (QED) is 0.856. The standard InChI is InChI=1S/C14H22ClN3OS2/c1-20-9-4-12(16)14(19)18-7-5-17(6-8-18)10-11-2-3-13(15)21-11/h2-3,12H,4-10,16H2,1H3/t12-/m1/s1. The van der Waals surface area contributed by atoms with Crippen molar-refractivity contribution in [1.29, 1.82) is 0 Å². The Bertz CT molecular complexity index is 461. The van der Waals surface area contributed by atoms with Crippen LogP contribution in [0.15, 0.2) is 12.1 Å². The van der Waals surface area contributed by atoms with Crippen molar-refractivity contribution in [1.82, 2.24) is 9.80 Å². The van der Waals surface area contributed by atoms with E-state index < -0.39 is 0 Å². The fraction of sp³-hybridized carbons (Fsp3) is 0.643. The second-order valence-electron chi connectivity index (χ2n) is 5.20. The van der Waals surface area contributed by atoms with Gasteiger partial charge in [-0.05, 0) is 30.6 Å². The molecule has 2 heterocycles. The molecule has 21 heavy (non-hydrogen) atoms. The van der Waals surface area contributed by atoms with Crippen molar-refractivity contribution < 1.29 is 4.79 Å². The molecule has 1 aliphatic heterocycles. The summed E-state index contributed by atoms with van der Waals surface area (Å²) in [6.07, 6.45) is 2.79. The molecule has 1 atom stereocenters. The maximum atomic E-state index is 12.2. The topological polar surface area (TPSA) is 49.6 Å². The Hall–Kier alpha value is -0.270. The van der Waals surface area contributed by atoms with Crippen LogP contribution in [0.4, 0.5) is 0 Å². The maximum absolute atomic E-state index is 12.2. The Labute approximate surface area is 139 Å². The molecular weight excluding hydrogens is 326 g/mol. The molecule has 2 rings (SSSR count). The summed E-state index contributed by atoms with van der Waals surface area (Å²) in [7, 11) is 0. The third kappa shape index (κ3) is 5.14. The number of halogens is 1. The number of hydrogen-bond acceptors (Lipinski definition) is 5. The van der Waals surface area contributed by atoms with Crippen LogP contribution in [0.25, 0.3) is 0 Å². The zero-order valence-corrected chi connectivity index (χ0v) is 14.6. The van der Waals surface area contributed by atoms with Gasteiger partial charge in [-0.1, -0.05) is 11.6 Å². The first kappa shape index (κ1) is 17.1. The summed E-state index contributed by atoms with van der Waals surface area (Å²) in [6, 6.07) is 3.66. The first-order valence-corrected chi connectivity index (χ1v) is 9.69. The summed E-state index contributed by atoms with van der Waals surface area (Å²) in [5.41, 5.74) is 5.96. The van der Waals surface area contributed by atoms with Gasteiger partial charge in [-0.15, -0.1) is 11.3 Å². The molecule has 1 aromatic rings. The summed E-state index contributed by atoms with van der Waals surface area (Å²) in [5.74, 6) is 1.04. The van der Waals surface area contributed by atoms with Crippen molar-refractivity contribution in [2.75, 3.05) is 38.2 Å². The number of thioether (sulfide) groups is 1. The highest BCUT2D eigenvalue weighted by atomic mass is 35.5. The summed E-state index contributed by atoms with van der Waals surface area (Å²) >= 11 is 9.30. The number of carbonyl (C=O) groups is 1. The van der Waals surface area contributed by atoms with Gasteiger partial charge < -0.3 is 10.6 Å². The number of nitrogens with zero attached hydrogens (tertiary/aromatic N) is 2. The van der Waals surface area contributed by atoms with Crippen molar-refractivity contribution in [3.8, 4) is 0 Å². The Kier molecular flexibility index (Phi) is 6.82. The SMILES string of the molecule is CSCC[C@@H](N)C(=O)N1CCN(Cc2ccc(Cl)s2)CC1. The molecule has 0 radical (unpaired) electrons. The minimum atomic E-state index is -0.347. The van der Waals surface area contributed by atoms with Crippen LogP contribution >= 0.6 is 34.7 Å². The van der Waals surface area contributed by atoms with Crippen LogP contribution in [0.2, 0.25) is 4.34 Å². The number of carbonyl (C=O) groups excluding carboxylic acids is 1. The van der Waals surface area contributed by atoms with Gasteiger partial charge in [0.05, 0.1) is 10.4 Å². The van der Waals surface area contributed by atoms with E-state index in [2.05, 4.69) is 11.0 Å². The second-order valence-corrected chi connectivity index (χ2v) is 7.98. The summed E-state index contributed by atoms with van der Waals surface area (Å²) in [5, 5.41) is 0. The van der Waals surface area contributed by atoms with Crippen LogP contribution < -0.4 is 5.73 Å². The van der Waals surface area contributed by atoms with Crippen LogP contribution in [0.3, 0.4) is 0 Å². The number of rotatable bonds is 6. The third-order valence-corrected chi connectivity index (χ3v) is 5.50.